The first-order valence-corrected chi connectivity index (χ1v) is 8.22. The van der Waals surface area contributed by atoms with Crippen molar-refractivity contribution in [2.24, 2.45) is 0 Å². The van der Waals surface area contributed by atoms with Crippen LogP contribution in [-0.2, 0) is 10.6 Å². The van der Waals surface area contributed by atoms with E-state index in [1.54, 1.807) is 12.1 Å². The lowest BCUT2D eigenvalue weighted by Crippen LogP contribution is -2.09. The zero-order chi connectivity index (χ0) is 17.9. The maximum absolute atomic E-state index is 10.8. The summed E-state index contributed by atoms with van der Waals surface area (Å²) in [6.45, 7) is 4.17. The molecule has 1 atom stereocenters. The molecule has 4 nitrogen and oxygen atoms in total. The number of rotatable bonds is 5. The lowest BCUT2D eigenvalue weighted by atomic mass is 10.2. The highest BCUT2D eigenvalue weighted by Crippen LogP contribution is 2.16. The minimum Gasteiger partial charge on any atom is -0.508 e. The van der Waals surface area contributed by atoms with E-state index in [0.717, 1.165) is 17.7 Å². The van der Waals surface area contributed by atoms with Crippen LogP contribution in [0.1, 0.15) is 36.2 Å². The second-order valence-corrected chi connectivity index (χ2v) is 5.43. The Balaban J connectivity index is 0.000000243. The Bertz CT molecular complexity index is 643. The van der Waals surface area contributed by atoms with Crippen LogP contribution in [0.4, 0.5) is 0 Å². The molecule has 1 N–H and O–H groups in total. The summed E-state index contributed by atoms with van der Waals surface area (Å²) < 4.78 is 10.1. The van der Waals surface area contributed by atoms with Gasteiger partial charge >= 0.3 is 5.97 Å². The van der Waals surface area contributed by atoms with Crippen molar-refractivity contribution in [3.8, 4) is 11.5 Å². The minimum atomic E-state index is -0.444. The van der Waals surface area contributed by atoms with E-state index in [2.05, 4.69) is 18.6 Å². The molecular formula is C19H23ClO4. The van der Waals surface area contributed by atoms with Gasteiger partial charge in [0.1, 0.15) is 11.5 Å². The summed E-state index contributed by atoms with van der Waals surface area (Å²) in [6.07, 6.45) is 1.29. The van der Waals surface area contributed by atoms with Crippen molar-refractivity contribution in [1.82, 2.24) is 0 Å². The van der Waals surface area contributed by atoms with E-state index in [1.165, 1.54) is 19.2 Å². The van der Waals surface area contributed by atoms with Crippen LogP contribution in [0.5, 0.6) is 11.5 Å². The van der Waals surface area contributed by atoms with E-state index >= 15 is 0 Å². The Labute approximate surface area is 148 Å². The van der Waals surface area contributed by atoms with Crippen LogP contribution in [0, 0.1) is 0 Å². The second kappa shape index (κ2) is 10.6. The third kappa shape index (κ3) is 6.92. The van der Waals surface area contributed by atoms with Gasteiger partial charge in [-0.25, -0.2) is 4.79 Å². The summed E-state index contributed by atoms with van der Waals surface area (Å²) in [7, 11) is 1.30. The van der Waals surface area contributed by atoms with Gasteiger partial charge in [0.15, 0.2) is 0 Å². The lowest BCUT2D eigenvalue weighted by molar-refractivity contribution is 0.0600. The number of benzene rings is 2. The van der Waals surface area contributed by atoms with Crippen molar-refractivity contribution in [2.75, 3.05) is 7.11 Å². The molecule has 0 amide bonds. The molecule has 0 spiro atoms. The molecule has 2 rings (SSSR count). The molecule has 0 bridgehead atoms. The zero-order valence-corrected chi connectivity index (χ0v) is 14.9. The van der Waals surface area contributed by atoms with Gasteiger partial charge in [-0.2, -0.15) is 0 Å². The van der Waals surface area contributed by atoms with Crippen molar-refractivity contribution in [3.63, 3.8) is 0 Å². The molecule has 24 heavy (non-hydrogen) atoms. The number of hydrogen-bond acceptors (Lipinski definition) is 4. The summed E-state index contributed by atoms with van der Waals surface area (Å²) in [4.78, 5) is 10.8. The third-order valence-electron chi connectivity index (χ3n) is 3.23. The van der Waals surface area contributed by atoms with Crippen molar-refractivity contribution < 1.29 is 19.4 Å². The number of ether oxygens (including phenoxy) is 2. The van der Waals surface area contributed by atoms with Gasteiger partial charge in [0.05, 0.1) is 18.8 Å². The predicted molar refractivity (Wildman–Crippen MR) is 95.8 cm³/mol. The quantitative estimate of drug-likeness (QED) is 0.622. The fraction of sp³-hybridized carbons (Fsp3) is 0.316. The van der Waals surface area contributed by atoms with E-state index in [-0.39, 0.29) is 11.9 Å². The van der Waals surface area contributed by atoms with Crippen LogP contribution < -0.4 is 4.74 Å². The topological polar surface area (TPSA) is 55.8 Å². The molecule has 0 heterocycles. The van der Waals surface area contributed by atoms with Gasteiger partial charge in [-0.3, -0.25) is 0 Å². The van der Waals surface area contributed by atoms with Gasteiger partial charge in [-0.15, -0.1) is 11.6 Å². The first-order chi connectivity index (χ1) is 11.5. The SMILES string of the molecule is CC[C@@H](C)Oc1cccc(CCl)c1.COC(=O)c1cccc(O)c1. The fourth-order valence-corrected chi connectivity index (χ4v) is 1.93. The van der Waals surface area contributed by atoms with Gasteiger partial charge in [0.25, 0.3) is 0 Å². The average molecular weight is 351 g/mol. The van der Waals surface area contributed by atoms with Crippen molar-refractivity contribution in [2.45, 2.75) is 32.3 Å². The molecule has 5 heteroatoms. The molecule has 0 saturated carbocycles. The van der Waals surface area contributed by atoms with Gasteiger partial charge in [0.2, 0.25) is 0 Å². The number of esters is 1. The first kappa shape index (κ1) is 19.8. The summed E-state index contributed by atoms with van der Waals surface area (Å²) >= 11 is 5.71. The molecule has 0 aliphatic carbocycles. The maximum atomic E-state index is 10.8. The minimum absolute atomic E-state index is 0.0629. The molecular weight excluding hydrogens is 328 g/mol. The number of methoxy groups -OCH3 is 1. The van der Waals surface area contributed by atoms with Crippen molar-refractivity contribution >= 4 is 17.6 Å². The Morgan fingerprint density at radius 3 is 2.50 bits per heavy atom. The molecule has 0 unspecified atom stereocenters. The number of phenolic OH excluding ortho intramolecular Hbond substituents is 1. The van der Waals surface area contributed by atoms with E-state index in [0.29, 0.717) is 11.4 Å². The number of alkyl halides is 1. The smallest absolute Gasteiger partial charge is 0.337 e. The van der Waals surface area contributed by atoms with Crippen LogP contribution in [0.3, 0.4) is 0 Å². The van der Waals surface area contributed by atoms with Crippen molar-refractivity contribution in [1.29, 1.82) is 0 Å². The largest absolute Gasteiger partial charge is 0.508 e. The van der Waals surface area contributed by atoms with Crippen LogP contribution >= 0.6 is 11.6 Å². The number of aromatic hydroxyl groups is 1. The van der Waals surface area contributed by atoms with Crippen LogP contribution in [0.25, 0.3) is 0 Å². The molecule has 130 valence electrons. The van der Waals surface area contributed by atoms with Gasteiger partial charge in [-0.1, -0.05) is 25.1 Å². The van der Waals surface area contributed by atoms with E-state index < -0.39 is 5.97 Å². The van der Waals surface area contributed by atoms with Gasteiger partial charge in [-0.05, 0) is 49.2 Å². The normalized spacial score (nSPS) is 11.0. The molecule has 0 saturated heterocycles. The Morgan fingerprint density at radius 1 is 1.21 bits per heavy atom. The van der Waals surface area contributed by atoms with Crippen LogP contribution in [0.2, 0.25) is 0 Å². The average Bonchev–Trinajstić information content (AvgIpc) is 2.61. The van der Waals surface area contributed by atoms with Crippen LogP contribution in [-0.4, -0.2) is 24.3 Å². The fourth-order valence-electron chi connectivity index (χ4n) is 1.77. The first-order valence-electron chi connectivity index (χ1n) is 7.69. The number of phenols is 1. The number of hydrogen-bond donors (Lipinski definition) is 1. The lowest BCUT2D eigenvalue weighted by Gasteiger charge is -2.12. The molecule has 2 aromatic rings. The highest BCUT2D eigenvalue weighted by molar-refractivity contribution is 6.17. The Morgan fingerprint density at radius 2 is 1.92 bits per heavy atom. The standard InChI is InChI=1S/C11H15ClO.C8H8O3/c1-3-9(2)13-11-6-4-5-10(7-11)8-12;1-11-8(10)6-3-2-4-7(9)5-6/h4-7,9H,3,8H2,1-2H3;2-5,9H,1H3/t9-;/m1./s1. The number of carbonyl (C=O) groups is 1. The molecule has 0 radical (unpaired) electrons. The molecule has 0 fully saturated rings. The summed E-state index contributed by atoms with van der Waals surface area (Å²) in [5.41, 5.74) is 1.45. The summed E-state index contributed by atoms with van der Waals surface area (Å²) in [6, 6.07) is 13.9. The number of halogens is 1. The summed E-state index contributed by atoms with van der Waals surface area (Å²) in [5.74, 6) is 1.07. The maximum Gasteiger partial charge on any atom is 0.337 e. The third-order valence-corrected chi connectivity index (χ3v) is 3.54. The highest BCUT2D eigenvalue weighted by Gasteiger charge is 2.04. The van der Waals surface area contributed by atoms with E-state index in [1.807, 2.05) is 24.3 Å². The molecule has 0 aliphatic rings. The highest BCUT2D eigenvalue weighted by atomic mass is 35.5. The van der Waals surface area contributed by atoms with Gasteiger partial charge < -0.3 is 14.6 Å². The van der Waals surface area contributed by atoms with Gasteiger partial charge in [0, 0.05) is 5.88 Å². The van der Waals surface area contributed by atoms with E-state index in [9.17, 15) is 4.79 Å². The zero-order valence-electron chi connectivity index (χ0n) is 14.2. The Hall–Kier alpha value is -2.20. The monoisotopic (exact) mass is 350 g/mol. The van der Waals surface area contributed by atoms with E-state index in [4.69, 9.17) is 21.4 Å². The second-order valence-electron chi connectivity index (χ2n) is 5.16. The molecule has 0 aliphatic heterocycles. The molecule has 0 aromatic heterocycles. The van der Waals surface area contributed by atoms with Crippen LogP contribution in [0.15, 0.2) is 48.5 Å². The predicted octanol–water partition coefficient (Wildman–Crippen LogP) is 4.78. The Kier molecular flexibility index (Phi) is 8.72. The number of carbonyl (C=O) groups excluding carboxylic acids is 1. The molecule has 2 aromatic carbocycles. The van der Waals surface area contributed by atoms with Crippen molar-refractivity contribution in [3.05, 3.63) is 59.7 Å². The summed E-state index contributed by atoms with van der Waals surface area (Å²) in [5, 5.41) is 8.95.